The fourth-order valence-corrected chi connectivity index (χ4v) is 6.08. The van der Waals surface area contributed by atoms with Gasteiger partial charge in [-0.05, 0) is 67.4 Å². The minimum Gasteiger partial charge on any atom is -0.322 e. The van der Waals surface area contributed by atoms with Crippen molar-refractivity contribution in [2.24, 2.45) is 0 Å². The van der Waals surface area contributed by atoms with Gasteiger partial charge in [-0.25, -0.2) is 0 Å². The van der Waals surface area contributed by atoms with Gasteiger partial charge in [-0.15, -0.1) is 23.1 Å². The van der Waals surface area contributed by atoms with E-state index in [1.165, 1.54) is 11.8 Å². The zero-order chi connectivity index (χ0) is 28.6. The molecule has 1 unspecified atom stereocenters. The van der Waals surface area contributed by atoms with Crippen LogP contribution in [0.5, 0.6) is 0 Å². The van der Waals surface area contributed by atoms with Crippen LogP contribution < -0.4 is 16.0 Å². The van der Waals surface area contributed by atoms with Crippen molar-refractivity contribution < 1.29 is 14.4 Å². The first-order chi connectivity index (χ1) is 19.3. The van der Waals surface area contributed by atoms with Crippen molar-refractivity contribution in [2.75, 3.05) is 16.0 Å². The number of hydrogen-bond acceptors (Lipinski definition) is 6. The van der Waals surface area contributed by atoms with Gasteiger partial charge in [-0.3, -0.25) is 14.4 Å². The molecule has 1 aromatic heterocycles. The molecule has 0 aliphatic carbocycles. The number of nitrogens with zero attached hydrogens (tertiary/aromatic N) is 1. The number of hydrogen-bond donors (Lipinski definition) is 3. The standard InChI is InChI=1S/C30H25ClN4O3S2/c1-3-25(39-23-14-8-13-22(16-23)34-27(36)19-9-7-10-20(31)15-19)28(37)35-30-24(17-32)18(2)26(40-30)29(38)33-21-11-5-4-6-12-21/h4-16,25H,3H2,1-2H3,(H,33,38)(H,34,36)(H,35,37). The number of carbonyl (C=O) groups excluding carboxylic acids is 3. The zero-order valence-corrected chi connectivity index (χ0v) is 24.0. The lowest BCUT2D eigenvalue weighted by atomic mass is 10.1. The fourth-order valence-electron chi connectivity index (χ4n) is 3.82. The first-order valence-corrected chi connectivity index (χ1v) is 14.4. The summed E-state index contributed by atoms with van der Waals surface area (Å²) < 4.78 is 0. The predicted octanol–water partition coefficient (Wildman–Crippen LogP) is 7.60. The molecular weight excluding hydrogens is 564 g/mol. The van der Waals surface area contributed by atoms with E-state index in [1.807, 2.05) is 31.2 Å². The van der Waals surface area contributed by atoms with Crippen LogP contribution in [0.15, 0.2) is 83.8 Å². The molecular formula is C30H25ClN4O3S2. The Morgan fingerprint density at radius 2 is 1.62 bits per heavy atom. The first-order valence-electron chi connectivity index (χ1n) is 12.3. The molecule has 1 heterocycles. The smallest absolute Gasteiger partial charge is 0.266 e. The van der Waals surface area contributed by atoms with Crippen LogP contribution in [0.2, 0.25) is 5.02 Å². The van der Waals surface area contributed by atoms with E-state index in [0.717, 1.165) is 16.2 Å². The molecule has 0 radical (unpaired) electrons. The molecule has 3 amide bonds. The predicted molar refractivity (Wildman–Crippen MR) is 163 cm³/mol. The second-order valence-corrected chi connectivity index (χ2v) is 11.4. The Kier molecular flexibility index (Phi) is 9.61. The molecule has 3 aromatic carbocycles. The Labute approximate surface area is 245 Å². The Morgan fingerprint density at radius 3 is 2.33 bits per heavy atom. The summed E-state index contributed by atoms with van der Waals surface area (Å²) in [5.74, 6) is -0.920. The molecule has 3 N–H and O–H groups in total. The number of rotatable bonds is 9. The highest BCUT2D eigenvalue weighted by atomic mass is 35.5. The summed E-state index contributed by atoms with van der Waals surface area (Å²) in [6.07, 6.45) is 0.517. The third-order valence-corrected chi connectivity index (χ3v) is 8.65. The molecule has 0 aliphatic heterocycles. The summed E-state index contributed by atoms with van der Waals surface area (Å²) in [5.41, 5.74) is 2.44. The molecule has 7 nitrogen and oxygen atoms in total. The molecule has 40 heavy (non-hydrogen) atoms. The van der Waals surface area contributed by atoms with Gasteiger partial charge in [-0.1, -0.05) is 48.9 Å². The summed E-state index contributed by atoms with van der Waals surface area (Å²) in [4.78, 5) is 39.9. The molecule has 4 rings (SSSR count). The number of thiophene rings is 1. The van der Waals surface area contributed by atoms with Crippen molar-refractivity contribution in [3.8, 4) is 6.07 Å². The highest BCUT2D eigenvalue weighted by Gasteiger charge is 2.25. The number of halogens is 1. The molecule has 0 aliphatic rings. The number of nitrogens with one attached hydrogen (secondary N) is 3. The number of amides is 3. The van der Waals surface area contributed by atoms with Crippen LogP contribution >= 0.6 is 34.7 Å². The monoisotopic (exact) mass is 588 g/mol. The van der Waals surface area contributed by atoms with Gasteiger partial charge in [0.1, 0.15) is 11.1 Å². The van der Waals surface area contributed by atoms with Crippen LogP contribution in [0.25, 0.3) is 0 Å². The minimum atomic E-state index is -0.477. The SMILES string of the molecule is CCC(Sc1cccc(NC(=O)c2cccc(Cl)c2)c1)C(=O)Nc1sc(C(=O)Nc2ccccc2)c(C)c1C#N. The van der Waals surface area contributed by atoms with Crippen LogP contribution in [0.4, 0.5) is 16.4 Å². The van der Waals surface area contributed by atoms with Gasteiger partial charge in [0.15, 0.2) is 0 Å². The van der Waals surface area contributed by atoms with E-state index < -0.39 is 5.25 Å². The summed E-state index contributed by atoms with van der Waals surface area (Å²) >= 11 is 8.42. The average molecular weight is 589 g/mol. The van der Waals surface area contributed by atoms with Crippen molar-refractivity contribution in [2.45, 2.75) is 30.4 Å². The van der Waals surface area contributed by atoms with Gasteiger partial charge in [0, 0.05) is 26.9 Å². The topological polar surface area (TPSA) is 111 Å². The number of benzene rings is 3. The normalized spacial score (nSPS) is 11.2. The minimum absolute atomic E-state index is 0.266. The summed E-state index contributed by atoms with van der Waals surface area (Å²) in [5, 5.41) is 18.6. The second kappa shape index (κ2) is 13.3. The van der Waals surface area contributed by atoms with Crippen LogP contribution in [0.3, 0.4) is 0 Å². The van der Waals surface area contributed by atoms with E-state index in [-0.39, 0.29) is 23.3 Å². The molecule has 0 saturated carbocycles. The number of anilines is 3. The molecule has 4 aromatic rings. The highest BCUT2D eigenvalue weighted by Crippen LogP contribution is 2.35. The molecule has 0 spiro atoms. The van der Waals surface area contributed by atoms with E-state index in [0.29, 0.717) is 43.8 Å². The molecule has 10 heteroatoms. The number of carbonyl (C=O) groups is 3. The lowest BCUT2D eigenvalue weighted by molar-refractivity contribution is -0.115. The van der Waals surface area contributed by atoms with Crippen molar-refractivity contribution >= 4 is 68.8 Å². The van der Waals surface area contributed by atoms with E-state index in [1.54, 1.807) is 61.5 Å². The quantitative estimate of drug-likeness (QED) is 0.174. The zero-order valence-electron chi connectivity index (χ0n) is 21.7. The lowest BCUT2D eigenvalue weighted by Crippen LogP contribution is -2.24. The maximum absolute atomic E-state index is 13.3. The maximum atomic E-state index is 13.3. The largest absolute Gasteiger partial charge is 0.322 e. The Bertz CT molecular complexity index is 1600. The van der Waals surface area contributed by atoms with Crippen LogP contribution in [-0.2, 0) is 4.79 Å². The Morgan fingerprint density at radius 1 is 0.925 bits per heavy atom. The van der Waals surface area contributed by atoms with Gasteiger partial charge in [-0.2, -0.15) is 5.26 Å². The van der Waals surface area contributed by atoms with E-state index in [2.05, 4.69) is 22.0 Å². The van der Waals surface area contributed by atoms with Crippen molar-refractivity contribution in [3.05, 3.63) is 105 Å². The molecule has 202 valence electrons. The number of para-hydroxylation sites is 1. The third kappa shape index (κ3) is 7.10. The van der Waals surface area contributed by atoms with Crippen molar-refractivity contribution in [1.29, 1.82) is 5.26 Å². The van der Waals surface area contributed by atoms with Crippen LogP contribution in [-0.4, -0.2) is 23.0 Å². The molecule has 0 fully saturated rings. The lowest BCUT2D eigenvalue weighted by Gasteiger charge is -2.15. The Balaban J connectivity index is 1.45. The third-order valence-electron chi connectivity index (χ3n) is 5.85. The van der Waals surface area contributed by atoms with Crippen LogP contribution in [0.1, 0.15) is 44.5 Å². The molecule has 0 bridgehead atoms. The Hall–Kier alpha value is -4.10. The van der Waals surface area contributed by atoms with Gasteiger partial charge < -0.3 is 16.0 Å². The molecule has 1 atom stereocenters. The molecule has 0 saturated heterocycles. The summed E-state index contributed by atoms with van der Waals surface area (Å²) in [6, 6.07) is 25.0. The van der Waals surface area contributed by atoms with Crippen molar-refractivity contribution in [3.63, 3.8) is 0 Å². The van der Waals surface area contributed by atoms with E-state index in [4.69, 9.17) is 11.6 Å². The first kappa shape index (κ1) is 28.9. The summed E-state index contributed by atoms with van der Waals surface area (Å²) in [7, 11) is 0. The van der Waals surface area contributed by atoms with Crippen molar-refractivity contribution in [1.82, 2.24) is 0 Å². The van der Waals surface area contributed by atoms with Crippen LogP contribution in [0, 0.1) is 18.3 Å². The van der Waals surface area contributed by atoms with Gasteiger partial charge in [0.25, 0.3) is 11.8 Å². The van der Waals surface area contributed by atoms with Gasteiger partial charge >= 0.3 is 0 Å². The summed E-state index contributed by atoms with van der Waals surface area (Å²) in [6.45, 7) is 3.59. The van der Waals surface area contributed by atoms with Gasteiger partial charge in [0.05, 0.1) is 15.7 Å². The number of thioether (sulfide) groups is 1. The highest BCUT2D eigenvalue weighted by molar-refractivity contribution is 8.00. The number of nitriles is 1. The average Bonchev–Trinajstić information content (AvgIpc) is 3.26. The van der Waals surface area contributed by atoms with Gasteiger partial charge in [0.2, 0.25) is 5.91 Å². The second-order valence-electron chi connectivity index (χ2n) is 8.69. The maximum Gasteiger partial charge on any atom is 0.266 e. The van der Waals surface area contributed by atoms with E-state index >= 15 is 0 Å². The van der Waals surface area contributed by atoms with E-state index in [9.17, 15) is 19.6 Å². The fraction of sp³-hybridized carbons (Fsp3) is 0.133.